The Balaban J connectivity index is 2.29. The Kier molecular flexibility index (Phi) is 2.91. The fourth-order valence-electron chi connectivity index (χ4n) is 1.41. The van der Waals surface area contributed by atoms with Crippen LogP contribution in [-0.2, 0) is 0 Å². The van der Waals surface area contributed by atoms with E-state index in [1.165, 1.54) is 12.1 Å². The van der Waals surface area contributed by atoms with Crippen LogP contribution in [0.15, 0.2) is 48.5 Å². The maximum atomic E-state index is 10.7. The molecule has 2 N–H and O–H groups in total. The van der Waals surface area contributed by atoms with Crippen molar-refractivity contribution in [1.29, 1.82) is 0 Å². The Morgan fingerprint density at radius 1 is 1.06 bits per heavy atom. The smallest absolute Gasteiger partial charge is 0.294 e. The molecule has 0 fully saturated rings. The summed E-state index contributed by atoms with van der Waals surface area (Å²) in [5.41, 5.74) is 6.77. The van der Waals surface area contributed by atoms with Crippen molar-refractivity contribution in [3.63, 3.8) is 0 Å². The van der Waals surface area contributed by atoms with E-state index in [1.807, 2.05) is 30.3 Å². The molecule has 0 bridgehead atoms. The second kappa shape index (κ2) is 4.52. The van der Waals surface area contributed by atoms with Crippen LogP contribution in [0.1, 0.15) is 0 Å². The summed E-state index contributed by atoms with van der Waals surface area (Å²) in [6.45, 7) is 0. The highest BCUT2D eigenvalue weighted by atomic mass is 16.6. The third-order valence-electron chi connectivity index (χ3n) is 2.23. The molecule has 0 spiro atoms. The van der Waals surface area contributed by atoms with Crippen LogP contribution in [0.4, 0.5) is 22.7 Å². The number of hydrogen-bond acceptors (Lipinski definition) is 3. The number of anilines is 1. The third kappa shape index (κ3) is 2.52. The van der Waals surface area contributed by atoms with Gasteiger partial charge in [0.15, 0.2) is 0 Å². The molecule has 17 heavy (non-hydrogen) atoms. The predicted molar refractivity (Wildman–Crippen MR) is 65.4 cm³/mol. The molecule has 0 saturated heterocycles. The van der Waals surface area contributed by atoms with Gasteiger partial charge in [-0.2, -0.15) is 0 Å². The van der Waals surface area contributed by atoms with Crippen LogP contribution in [-0.4, -0.2) is 4.92 Å². The van der Waals surface area contributed by atoms with Gasteiger partial charge in [-0.15, -0.1) is 0 Å². The molecular formula is C12H10N3O2. The fraction of sp³-hybridized carbons (Fsp3) is 0. The predicted octanol–water partition coefficient (Wildman–Crippen LogP) is 2.74. The minimum absolute atomic E-state index is 0.123. The molecule has 0 saturated carbocycles. The number of rotatable bonds is 3. The van der Waals surface area contributed by atoms with Crippen LogP contribution < -0.4 is 11.1 Å². The fourth-order valence-corrected chi connectivity index (χ4v) is 1.41. The molecular weight excluding hydrogens is 218 g/mol. The van der Waals surface area contributed by atoms with Crippen molar-refractivity contribution in [2.75, 3.05) is 5.73 Å². The standard InChI is InChI=1S/C12H10N3O2/c13-11-7-6-10(8-12(11)15(16)17)14-9-4-2-1-3-5-9/h1-8H,13H2. The zero-order valence-corrected chi connectivity index (χ0v) is 8.91. The average Bonchev–Trinajstić information content (AvgIpc) is 2.32. The molecule has 0 aromatic heterocycles. The van der Waals surface area contributed by atoms with E-state index in [1.54, 1.807) is 6.07 Å². The average molecular weight is 228 g/mol. The van der Waals surface area contributed by atoms with Crippen molar-refractivity contribution in [3.8, 4) is 0 Å². The minimum Gasteiger partial charge on any atom is -0.393 e. The van der Waals surface area contributed by atoms with E-state index in [-0.39, 0.29) is 11.4 Å². The quantitative estimate of drug-likeness (QED) is 0.498. The van der Waals surface area contributed by atoms with E-state index in [0.29, 0.717) is 5.69 Å². The van der Waals surface area contributed by atoms with E-state index in [9.17, 15) is 10.1 Å². The van der Waals surface area contributed by atoms with Gasteiger partial charge in [0.2, 0.25) is 0 Å². The maximum absolute atomic E-state index is 10.7. The first kappa shape index (κ1) is 10.9. The molecule has 85 valence electrons. The lowest BCUT2D eigenvalue weighted by atomic mass is 10.2. The van der Waals surface area contributed by atoms with Gasteiger partial charge in [-0.05, 0) is 24.3 Å². The Hall–Kier alpha value is -2.56. The number of nitrogens with two attached hydrogens (primary N) is 1. The van der Waals surface area contributed by atoms with Crippen molar-refractivity contribution in [1.82, 2.24) is 5.32 Å². The Bertz CT molecular complexity index is 541. The summed E-state index contributed by atoms with van der Waals surface area (Å²) >= 11 is 0. The summed E-state index contributed by atoms with van der Waals surface area (Å²) in [5, 5.41) is 15.0. The van der Waals surface area contributed by atoms with E-state index in [2.05, 4.69) is 5.32 Å². The molecule has 5 nitrogen and oxygen atoms in total. The molecule has 0 atom stereocenters. The Labute approximate surface area is 98.0 Å². The van der Waals surface area contributed by atoms with Crippen LogP contribution in [0.3, 0.4) is 0 Å². The van der Waals surface area contributed by atoms with Gasteiger partial charge < -0.3 is 5.73 Å². The summed E-state index contributed by atoms with van der Waals surface area (Å²) in [6, 6.07) is 13.7. The molecule has 0 amide bonds. The first-order chi connectivity index (χ1) is 8.16. The SMILES string of the molecule is Nc1ccc([N]c2ccccc2)cc1[N+](=O)[O-]. The first-order valence-corrected chi connectivity index (χ1v) is 4.97. The van der Waals surface area contributed by atoms with Gasteiger partial charge in [0.05, 0.1) is 16.3 Å². The zero-order chi connectivity index (χ0) is 12.3. The molecule has 1 radical (unpaired) electrons. The normalized spacial score (nSPS) is 9.88. The highest BCUT2D eigenvalue weighted by Gasteiger charge is 2.12. The van der Waals surface area contributed by atoms with E-state index in [0.717, 1.165) is 5.69 Å². The Morgan fingerprint density at radius 3 is 2.41 bits per heavy atom. The molecule has 0 aliphatic rings. The molecule has 2 rings (SSSR count). The molecule has 2 aromatic carbocycles. The number of nitro benzene ring substituents is 1. The molecule has 0 aliphatic heterocycles. The number of hydrogen-bond donors (Lipinski definition) is 1. The number of para-hydroxylation sites is 1. The van der Waals surface area contributed by atoms with Crippen LogP contribution in [0.25, 0.3) is 0 Å². The first-order valence-electron chi connectivity index (χ1n) is 4.97. The lowest BCUT2D eigenvalue weighted by molar-refractivity contribution is -0.383. The number of nitrogen functional groups attached to an aromatic ring is 1. The summed E-state index contributed by atoms with van der Waals surface area (Å²) in [6.07, 6.45) is 0. The van der Waals surface area contributed by atoms with E-state index < -0.39 is 4.92 Å². The van der Waals surface area contributed by atoms with Gasteiger partial charge in [-0.3, -0.25) is 10.1 Å². The van der Waals surface area contributed by atoms with Gasteiger partial charge in [-0.1, -0.05) is 18.2 Å². The van der Waals surface area contributed by atoms with Crippen LogP contribution in [0.5, 0.6) is 0 Å². The second-order valence-electron chi connectivity index (χ2n) is 3.45. The van der Waals surface area contributed by atoms with Gasteiger partial charge in [0, 0.05) is 6.07 Å². The van der Waals surface area contributed by atoms with Crippen molar-refractivity contribution < 1.29 is 4.92 Å². The maximum Gasteiger partial charge on any atom is 0.294 e. The minimum atomic E-state index is -0.515. The molecule has 0 heterocycles. The number of benzene rings is 2. The zero-order valence-electron chi connectivity index (χ0n) is 8.91. The van der Waals surface area contributed by atoms with Crippen molar-refractivity contribution in [2.24, 2.45) is 0 Å². The highest BCUT2D eigenvalue weighted by Crippen LogP contribution is 2.27. The summed E-state index contributed by atoms with van der Waals surface area (Å²) in [7, 11) is 0. The second-order valence-corrected chi connectivity index (χ2v) is 3.45. The van der Waals surface area contributed by atoms with E-state index >= 15 is 0 Å². The van der Waals surface area contributed by atoms with Crippen LogP contribution >= 0.6 is 0 Å². The monoisotopic (exact) mass is 228 g/mol. The van der Waals surface area contributed by atoms with Crippen molar-refractivity contribution >= 4 is 22.7 Å². The number of nitrogens with zero attached hydrogens (tertiary/aromatic N) is 2. The van der Waals surface area contributed by atoms with Gasteiger partial charge in [0.1, 0.15) is 5.69 Å². The van der Waals surface area contributed by atoms with Crippen LogP contribution in [0, 0.1) is 10.1 Å². The summed E-state index contributed by atoms with van der Waals surface area (Å²) < 4.78 is 0. The summed E-state index contributed by atoms with van der Waals surface area (Å²) in [5.74, 6) is 0. The lowest BCUT2D eigenvalue weighted by Crippen LogP contribution is -1.97. The van der Waals surface area contributed by atoms with Gasteiger partial charge in [-0.25, -0.2) is 5.32 Å². The molecule has 0 aliphatic carbocycles. The van der Waals surface area contributed by atoms with E-state index in [4.69, 9.17) is 5.73 Å². The third-order valence-corrected chi connectivity index (χ3v) is 2.23. The van der Waals surface area contributed by atoms with Gasteiger partial charge >= 0.3 is 0 Å². The largest absolute Gasteiger partial charge is 0.393 e. The number of nitro groups is 1. The topological polar surface area (TPSA) is 83.3 Å². The lowest BCUT2D eigenvalue weighted by Gasteiger charge is -2.03. The van der Waals surface area contributed by atoms with Crippen molar-refractivity contribution in [3.05, 3.63) is 58.6 Å². The van der Waals surface area contributed by atoms with Crippen molar-refractivity contribution in [2.45, 2.75) is 0 Å². The Morgan fingerprint density at radius 2 is 1.76 bits per heavy atom. The molecule has 0 unspecified atom stereocenters. The van der Waals surface area contributed by atoms with Crippen LogP contribution in [0.2, 0.25) is 0 Å². The molecule has 2 aromatic rings. The van der Waals surface area contributed by atoms with Gasteiger partial charge in [0.25, 0.3) is 5.69 Å². The highest BCUT2D eigenvalue weighted by molar-refractivity contribution is 5.65. The molecule has 5 heteroatoms. The summed E-state index contributed by atoms with van der Waals surface area (Å²) in [4.78, 5) is 10.2.